The highest BCUT2D eigenvalue weighted by Gasteiger charge is 2.80. The van der Waals surface area contributed by atoms with Crippen LogP contribution in [0.4, 0.5) is 26.3 Å². The average Bonchev–Trinajstić information content (AvgIpc) is 3.36. The van der Waals surface area contributed by atoms with Crippen LogP contribution in [-0.4, -0.2) is 26.9 Å². The van der Waals surface area contributed by atoms with Crippen LogP contribution in [0.5, 0.6) is 0 Å². The third-order valence-electron chi connectivity index (χ3n) is 7.42. The van der Waals surface area contributed by atoms with Gasteiger partial charge in [-0.25, -0.2) is 0 Å². The van der Waals surface area contributed by atoms with Crippen molar-refractivity contribution in [2.75, 3.05) is 0 Å². The molecular weight excluding hydrogens is 490 g/mol. The van der Waals surface area contributed by atoms with Crippen LogP contribution >= 0.6 is 0 Å². The van der Waals surface area contributed by atoms with Crippen molar-refractivity contribution in [1.82, 2.24) is 9.13 Å². The Morgan fingerprint density at radius 3 is 1.19 bits per heavy atom. The molecule has 0 atom stereocenters. The standard InChI is InChI=1S/C29H24F6N2/c1-17-21(15-23(36(17)3)19-11-7-5-8-12-19)25-26(28(32,33)29(34,35)27(25,30)31)22-16-24(37(4)18(22)2)20-13-9-6-10-14-20/h5-16H,1-4H3. The van der Waals surface area contributed by atoms with Crippen molar-refractivity contribution in [1.29, 1.82) is 0 Å². The lowest BCUT2D eigenvalue weighted by atomic mass is 9.94. The Morgan fingerprint density at radius 2 is 0.865 bits per heavy atom. The molecule has 4 aromatic rings. The number of aromatic nitrogens is 2. The molecule has 0 N–H and O–H groups in total. The maximum Gasteiger partial charge on any atom is 0.380 e. The number of hydrogen-bond donors (Lipinski definition) is 0. The van der Waals surface area contributed by atoms with Gasteiger partial charge in [0.05, 0.1) is 0 Å². The largest absolute Gasteiger partial charge is 0.380 e. The van der Waals surface area contributed by atoms with Gasteiger partial charge in [0.25, 0.3) is 0 Å². The molecule has 0 aliphatic heterocycles. The van der Waals surface area contributed by atoms with Gasteiger partial charge < -0.3 is 9.13 Å². The Bertz CT molecular complexity index is 1410. The van der Waals surface area contributed by atoms with Crippen molar-refractivity contribution < 1.29 is 26.3 Å². The zero-order valence-corrected chi connectivity index (χ0v) is 20.6. The van der Waals surface area contributed by atoms with Crippen molar-refractivity contribution in [3.05, 3.63) is 95.3 Å². The van der Waals surface area contributed by atoms with E-state index >= 15 is 17.6 Å². The van der Waals surface area contributed by atoms with E-state index in [1.807, 2.05) is 0 Å². The molecule has 5 rings (SSSR count). The van der Waals surface area contributed by atoms with Crippen molar-refractivity contribution in [3.8, 4) is 22.5 Å². The third-order valence-corrected chi connectivity index (χ3v) is 7.42. The van der Waals surface area contributed by atoms with E-state index in [1.54, 1.807) is 83.9 Å². The zero-order chi connectivity index (χ0) is 26.9. The van der Waals surface area contributed by atoms with Gasteiger partial charge in [-0.05, 0) is 37.1 Å². The van der Waals surface area contributed by atoms with Crippen molar-refractivity contribution in [2.45, 2.75) is 31.6 Å². The fourth-order valence-electron chi connectivity index (χ4n) is 5.11. The second kappa shape index (κ2) is 8.16. The smallest absolute Gasteiger partial charge is 0.347 e. The van der Waals surface area contributed by atoms with E-state index in [9.17, 15) is 8.78 Å². The van der Waals surface area contributed by atoms with E-state index in [-0.39, 0.29) is 22.5 Å². The molecule has 0 fully saturated rings. The predicted octanol–water partition coefficient (Wildman–Crippen LogP) is 8.14. The summed E-state index contributed by atoms with van der Waals surface area (Å²) in [5.74, 6) is -15.8. The Hall–Kier alpha value is -3.68. The summed E-state index contributed by atoms with van der Waals surface area (Å²) in [4.78, 5) is 0. The molecule has 0 radical (unpaired) electrons. The molecule has 2 aromatic carbocycles. The minimum Gasteiger partial charge on any atom is -0.347 e. The number of hydrogen-bond acceptors (Lipinski definition) is 0. The van der Waals surface area contributed by atoms with Crippen LogP contribution in [-0.2, 0) is 14.1 Å². The van der Waals surface area contributed by atoms with Gasteiger partial charge in [0.15, 0.2) is 0 Å². The summed E-state index contributed by atoms with van der Waals surface area (Å²) in [6, 6.07) is 20.0. The Morgan fingerprint density at radius 1 is 0.541 bits per heavy atom. The predicted molar refractivity (Wildman–Crippen MR) is 133 cm³/mol. The molecule has 0 spiro atoms. The minimum absolute atomic E-state index is 0.177. The number of halogens is 6. The van der Waals surface area contributed by atoms with Crippen molar-refractivity contribution in [2.24, 2.45) is 14.1 Å². The second-order valence-corrected chi connectivity index (χ2v) is 9.38. The molecule has 8 heteroatoms. The highest BCUT2D eigenvalue weighted by molar-refractivity contribution is 6.03. The van der Waals surface area contributed by atoms with E-state index in [1.165, 1.54) is 26.0 Å². The van der Waals surface area contributed by atoms with Crippen LogP contribution in [0, 0.1) is 13.8 Å². The first-order chi connectivity index (χ1) is 17.3. The molecule has 0 saturated carbocycles. The monoisotopic (exact) mass is 514 g/mol. The third kappa shape index (κ3) is 3.34. The van der Waals surface area contributed by atoms with Gasteiger partial charge in [-0.15, -0.1) is 0 Å². The lowest BCUT2D eigenvalue weighted by Gasteiger charge is -2.25. The minimum atomic E-state index is -5.62. The van der Waals surface area contributed by atoms with Crippen LogP contribution in [0.1, 0.15) is 22.5 Å². The first-order valence-corrected chi connectivity index (χ1v) is 11.6. The van der Waals surface area contributed by atoms with Gasteiger partial charge in [-0.3, -0.25) is 0 Å². The van der Waals surface area contributed by atoms with Crippen LogP contribution in [0.2, 0.25) is 0 Å². The topological polar surface area (TPSA) is 9.86 Å². The molecule has 0 amide bonds. The molecule has 192 valence electrons. The highest BCUT2D eigenvalue weighted by atomic mass is 19.3. The van der Waals surface area contributed by atoms with Gasteiger partial charge in [-0.1, -0.05) is 60.7 Å². The number of benzene rings is 2. The van der Waals surface area contributed by atoms with Crippen LogP contribution < -0.4 is 0 Å². The summed E-state index contributed by atoms with van der Waals surface area (Å²) in [6.45, 7) is 2.93. The molecule has 2 heterocycles. The number of allylic oxidation sites excluding steroid dienone is 2. The quantitative estimate of drug-likeness (QED) is 0.243. The molecule has 2 nitrogen and oxygen atoms in total. The molecule has 2 aromatic heterocycles. The first-order valence-electron chi connectivity index (χ1n) is 11.6. The molecule has 0 unspecified atom stereocenters. The Kier molecular flexibility index (Phi) is 5.51. The lowest BCUT2D eigenvalue weighted by molar-refractivity contribution is -0.254. The van der Waals surface area contributed by atoms with E-state index in [0.717, 1.165) is 0 Å². The van der Waals surface area contributed by atoms with E-state index < -0.39 is 28.9 Å². The number of rotatable bonds is 4. The van der Waals surface area contributed by atoms with Gasteiger partial charge in [-0.2, -0.15) is 26.3 Å². The van der Waals surface area contributed by atoms with E-state index in [4.69, 9.17) is 0 Å². The van der Waals surface area contributed by atoms with E-state index in [2.05, 4.69) is 0 Å². The number of alkyl halides is 6. The average molecular weight is 515 g/mol. The van der Waals surface area contributed by atoms with Crippen molar-refractivity contribution >= 4 is 11.1 Å². The molecule has 1 aliphatic rings. The maximum atomic E-state index is 15.5. The summed E-state index contributed by atoms with van der Waals surface area (Å²) in [7, 11) is 3.18. The SMILES string of the molecule is Cc1c(C2=C(c3cc(-c4ccccc4)n(C)c3C)C(F)(F)C(F)(F)C2(F)F)cc(-c2ccccc2)n1C. The van der Waals surface area contributed by atoms with Gasteiger partial charge in [0, 0.05) is 59.1 Å². The first kappa shape index (κ1) is 25.0. The summed E-state index contributed by atoms with van der Waals surface area (Å²) < 4.78 is 94.9. The lowest BCUT2D eigenvalue weighted by Crippen LogP contribution is -2.49. The highest BCUT2D eigenvalue weighted by Crippen LogP contribution is 2.65. The Labute approximate surface area is 210 Å². The fraction of sp³-hybridized carbons (Fsp3) is 0.241. The van der Waals surface area contributed by atoms with E-state index in [0.29, 0.717) is 22.5 Å². The van der Waals surface area contributed by atoms with Crippen molar-refractivity contribution in [3.63, 3.8) is 0 Å². The second-order valence-electron chi connectivity index (χ2n) is 9.38. The van der Waals surface area contributed by atoms with Gasteiger partial charge >= 0.3 is 17.8 Å². The summed E-state index contributed by atoms with van der Waals surface area (Å²) in [5.41, 5.74) is -0.810. The Balaban J connectivity index is 1.85. The molecule has 1 aliphatic carbocycles. The summed E-state index contributed by atoms with van der Waals surface area (Å²) in [5, 5.41) is 0. The number of nitrogens with zero attached hydrogens (tertiary/aromatic N) is 2. The van der Waals surface area contributed by atoms with Gasteiger partial charge in [0.2, 0.25) is 0 Å². The summed E-state index contributed by atoms with van der Waals surface area (Å²) >= 11 is 0. The van der Waals surface area contributed by atoms with Crippen LogP contribution in [0.15, 0.2) is 72.8 Å². The fourth-order valence-corrected chi connectivity index (χ4v) is 5.11. The zero-order valence-electron chi connectivity index (χ0n) is 20.6. The molecule has 0 saturated heterocycles. The normalized spacial score (nSPS) is 18.0. The van der Waals surface area contributed by atoms with Crippen LogP contribution in [0.3, 0.4) is 0 Å². The summed E-state index contributed by atoms with van der Waals surface area (Å²) in [6.07, 6.45) is 0. The molecular formula is C29H24F6N2. The molecule has 0 bridgehead atoms. The molecule has 37 heavy (non-hydrogen) atoms. The van der Waals surface area contributed by atoms with Crippen LogP contribution in [0.25, 0.3) is 33.7 Å². The van der Waals surface area contributed by atoms with Gasteiger partial charge in [0.1, 0.15) is 0 Å². The maximum absolute atomic E-state index is 15.5.